The zero-order valence-electron chi connectivity index (χ0n) is 14.1. The summed E-state index contributed by atoms with van der Waals surface area (Å²) < 4.78 is 8.43. The smallest absolute Gasteiger partial charge is 0.191 e. The van der Waals surface area contributed by atoms with Crippen LogP contribution >= 0.6 is 15.9 Å². The molecule has 0 saturated carbocycles. The van der Waals surface area contributed by atoms with E-state index >= 15 is 0 Å². The highest BCUT2D eigenvalue weighted by molar-refractivity contribution is 9.10. The van der Waals surface area contributed by atoms with Gasteiger partial charge in [-0.1, -0.05) is 0 Å². The number of fused-ring (bicyclic) bond motifs is 1. The first-order valence-corrected chi connectivity index (χ1v) is 8.43. The van der Waals surface area contributed by atoms with Crippen LogP contribution in [0.1, 0.15) is 26.5 Å². The van der Waals surface area contributed by atoms with Crippen molar-refractivity contribution in [2.75, 3.05) is 20.2 Å². The first kappa shape index (κ1) is 17.7. The summed E-state index contributed by atoms with van der Waals surface area (Å²) in [7, 11) is 1.71. The van der Waals surface area contributed by atoms with Crippen LogP contribution in [0.4, 0.5) is 0 Å². The Morgan fingerprint density at radius 3 is 2.83 bits per heavy atom. The molecule has 126 valence electrons. The van der Waals surface area contributed by atoms with E-state index in [1.165, 1.54) is 0 Å². The van der Waals surface area contributed by atoms with E-state index in [2.05, 4.69) is 36.5 Å². The fourth-order valence-corrected chi connectivity index (χ4v) is 2.32. The third-order valence-corrected chi connectivity index (χ3v) is 3.91. The molecule has 0 bridgehead atoms. The van der Waals surface area contributed by atoms with Gasteiger partial charge in [-0.25, -0.2) is 9.98 Å². The molecule has 0 radical (unpaired) electrons. The van der Waals surface area contributed by atoms with Crippen LogP contribution in [0.5, 0.6) is 0 Å². The Kier molecular flexibility index (Phi) is 6.01. The van der Waals surface area contributed by atoms with Crippen LogP contribution in [-0.2, 0) is 11.3 Å². The number of rotatable bonds is 6. The van der Waals surface area contributed by atoms with Gasteiger partial charge in [0.15, 0.2) is 5.96 Å². The number of aromatic nitrogens is 2. The van der Waals surface area contributed by atoms with Crippen molar-refractivity contribution in [3.63, 3.8) is 0 Å². The SMILES string of the molecule is CCNC(=NCc1cn2cc(Br)ccc2n1)NCC(C)(C)OC. The molecule has 2 aromatic rings. The number of pyridine rings is 1. The van der Waals surface area contributed by atoms with E-state index in [1.807, 2.05) is 49.7 Å². The van der Waals surface area contributed by atoms with Gasteiger partial charge in [-0.15, -0.1) is 0 Å². The molecule has 0 atom stereocenters. The van der Waals surface area contributed by atoms with Gasteiger partial charge < -0.3 is 19.8 Å². The molecular formula is C16H24BrN5O. The minimum atomic E-state index is -0.244. The summed E-state index contributed by atoms with van der Waals surface area (Å²) in [6.07, 6.45) is 3.98. The average Bonchev–Trinajstić information content (AvgIpc) is 2.92. The van der Waals surface area contributed by atoms with Crippen LogP contribution in [0.15, 0.2) is 34.0 Å². The Balaban J connectivity index is 2.06. The maximum atomic E-state index is 5.41. The summed E-state index contributed by atoms with van der Waals surface area (Å²) in [5, 5.41) is 6.53. The van der Waals surface area contributed by atoms with Gasteiger partial charge in [0.25, 0.3) is 0 Å². The molecule has 0 aliphatic rings. The Bertz CT molecular complexity index is 680. The minimum absolute atomic E-state index is 0.244. The summed E-state index contributed by atoms with van der Waals surface area (Å²) in [6, 6.07) is 3.95. The lowest BCUT2D eigenvalue weighted by atomic mass is 10.1. The van der Waals surface area contributed by atoms with Crippen molar-refractivity contribution < 1.29 is 4.74 Å². The first-order chi connectivity index (χ1) is 10.9. The number of imidazole rings is 1. The lowest BCUT2D eigenvalue weighted by Gasteiger charge is -2.24. The normalized spacial score (nSPS) is 12.7. The van der Waals surface area contributed by atoms with Crippen molar-refractivity contribution in [3.8, 4) is 0 Å². The maximum absolute atomic E-state index is 5.41. The molecule has 23 heavy (non-hydrogen) atoms. The second-order valence-corrected chi connectivity index (χ2v) is 6.77. The molecule has 0 aromatic carbocycles. The zero-order valence-corrected chi connectivity index (χ0v) is 15.6. The van der Waals surface area contributed by atoms with E-state index in [-0.39, 0.29) is 5.60 Å². The van der Waals surface area contributed by atoms with E-state index in [0.29, 0.717) is 13.1 Å². The summed E-state index contributed by atoms with van der Waals surface area (Å²) in [5.41, 5.74) is 1.59. The second-order valence-electron chi connectivity index (χ2n) is 5.86. The molecular weight excluding hydrogens is 358 g/mol. The number of halogens is 1. The molecule has 0 aliphatic carbocycles. The van der Waals surface area contributed by atoms with Gasteiger partial charge in [-0.05, 0) is 48.8 Å². The van der Waals surface area contributed by atoms with Crippen LogP contribution in [0.3, 0.4) is 0 Å². The standard InChI is InChI=1S/C16H24BrN5O/c1-5-18-15(20-11-16(2,3)23-4)19-8-13-10-22-9-12(17)6-7-14(22)21-13/h6-7,9-10H,5,8,11H2,1-4H3,(H2,18,19,20). The van der Waals surface area contributed by atoms with Gasteiger partial charge in [0.05, 0.1) is 17.8 Å². The lowest BCUT2D eigenvalue weighted by molar-refractivity contribution is 0.0268. The van der Waals surface area contributed by atoms with Gasteiger partial charge in [-0.2, -0.15) is 0 Å². The van der Waals surface area contributed by atoms with E-state index < -0.39 is 0 Å². The quantitative estimate of drug-likeness (QED) is 0.596. The first-order valence-electron chi connectivity index (χ1n) is 7.64. The maximum Gasteiger partial charge on any atom is 0.191 e. The molecule has 0 amide bonds. The number of ether oxygens (including phenoxy) is 1. The van der Waals surface area contributed by atoms with E-state index in [1.54, 1.807) is 7.11 Å². The number of methoxy groups -OCH3 is 1. The molecule has 0 unspecified atom stereocenters. The number of aliphatic imine (C=N–C) groups is 1. The molecule has 2 N–H and O–H groups in total. The number of hydrogen-bond acceptors (Lipinski definition) is 3. The number of nitrogens with zero attached hydrogens (tertiary/aromatic N) is 3. The minimum Gasteiger partial charge on any atom is -0.377 e. The van der Waals surface area contributed by atoms with Crippen LogP contribution < -0.4 is 10.6 Å². The molecule has 0 saturated heterocycles. The molecule has 0 fully saturated rings. The Morgan fingerprint density at radius 2 is 2.13 bits per heavy atom. The van der Waals surface area contributed by atoms with Crippen LogP contribution in [0.25, 0.3) is 5.65 Å². The molecule has 2 heterocycles. The van der Waals surface area contributed by atoms with Gasteiger partial charge in [0.2, 0.25) is 0 Å². The average molecular weight is 382 g/mol. The molecule has 7 heteroatoms. The number of guanidine groups is 1. The summed E-state index contributed by atoms with van der Waals surface area (Å²) in [4.78, 5) is 9.16. The monoisotopic (exact) mass is 381 g/mol. The lowest BCUT2D eigenvalue weighted by Crippen LogP contribution is -2.45. The van der Waals surface area contributed by atoms with E-state index in [0.717, 1.165) is 28.3 Å². The highest BCUT2D eigenvalue weighted by Gasteiger charge is 2.16. The number of hydrogen-bond donors (Lipinski definition) is 2. The third-order valence-electron chi connectivity index (χ3n) is 3.44. The van der Waals surface area contributed by atoms with Gasteiger partial charge in [0, 0.05) is 37.1 Å². The zero-order chi connectivity index (χ0) is 16.9. The summed E-state index contributed by atoms with van der Waals surface area (Å²) >= 11 is 3.46. The Hall–Kier alpha value is -1.60. The van der Waals surface area contributed by atoms with Gasteiger partial charge in [0.1, 0.15) is 5.65 Å². The Morgan fingerprint density at radius 1 is 1.35 bits per heavy atom. The topological polar surface area (TPSA) is 63.0 Å². The third kappa shape index (κ3) is 5.21. The summed E-state index contributed by atoms with van der Waals surface area (Å²) in [5.74, 6) is 0.760. The van der Waals surface area contributed by atoms with Crippen molar-refractivity contribution >= 4 is 27.5 Å². The van der Waals surface area contributed by atoms with E-state index in [9.17, 15) is 0 Å². The van der Waals surface area contributed by atoms with Gasteiger partial charge >= 0.3 is 0 Å². The van der Waals surface area contributed by atoms with Crippen LogP contribution in [0.2, 0.25) is 0 Å². The molecule has 2 rings (SSSR count). The Labute approximate surface area is 145 Å². The fraction of sp³-hybridized carbons (Fsp3) is 0.500. The highest BCUT2D eigenvalue weighted by atomic mass is 79.9. The van der Waals surface area contributed by atoms with Crippen LogP contribution in [-0.4, -0.2) is 41.1 Å². The van der Waals surface area contributed by atoms with Crippen molar-refractivity contribution in [1.82, 2.24) is 20.0 Å². The van der Waals surface area contributed by atoms with Gasteiger partial charge in [-0.3, -0.25) is 0 Å². The molecule has 0 aliphatic heterocycles. The number of nitrogens with one attached hydrogen (secondary N) is 2. The molecule has 2 aromatic heterocycles. The van der Waals surface area contributed by atoms with E-state index in [4.69, 9.17) is 4.74 Å². The van der Waals surface area contributed by atoms with Crippen molar-refractivity contribution in [3.05, 3.63) is 34.7 Å². The fourth-order valence-electron chi connectivity index (χ4n) is 1.96. The van der Waals surface area contributed by atoms with Crippen molar-refractivity contribution in [1.29, 1.82) is 0 Å². The predicted molar refractivity (Wildman–Crippen MR) is 96.8 cm³/mol. The molecule has 6 nitrogen and oxygen atoms in total. The molecule has 0 spiro atoms. The second kappa shape index (κ2) is 7.79. The highest BCUT2D eigenvalue weighted by Crippen LogP contribution is 2.13. The summed E-state index contributed by atoms with van der Waals surface area (Å²) in [6.45, 7) is 8.10. The van der Waals surface area contributed by atoms with Crippen molar-refractivity contribution in [2.24, 2.45) is 4.99 Å². The van der Waals surface area contributed by atoms with Crippen LogP contribution in [0, 0.1) is 0 Å². The van der Waals surface area contributed by atoms with Crippen molar-refractivity contribution in [2.45, 2.75) is 32.9 Å². The largest absolute Gasteiger partial charge is 0.377 e. The predicted octanol–water partition coefficient (Wildman–Crippen LogP) is 2.58.